The third kappa shape index (κ3) is 2.76. The Hall–Kier alpha value is -0.330. The fraction of sp³-hybridized carbons (Fsp3) is 0.500. The van der Waals surface area contributed by atoms with Crippen molar-refractivity contribution >= 4 is 33.2 Å². The minimum atomic E-state index is -3.64. The molecule has 0 amide bonds. The third-order valence-corrected chi connectivity index (χ3v) is 6.18. The molecular weight excluding hydrogens is 309 g/mol. The van der Waals surface area contributed by atoms with Crippen LogP contribution in [-0.4, -0.2) is 37.0 Å². The number of rotatable bonds is 3. The summed E-state index contributed by atoms with van der Waals surface area (Å²) >= 11 is 11.7. The van der Waals surface area contributed by atoms with Gasteiger partial charge >= 0.3 is 0 Å². The maximum Gasteiger partial charge on any atom is 0.243 e. The van der Waals surface area contributed by atoms with Gasteiger partial charge in [-0.15, -0.1) is 0 Å². The molecule has 2 unspecified atom stereocenters. The Morgan fingerprint density at radius 3 is 2.63 bits per heavy atom. The number of halogens is 2. The molecule has 1 fully saturated rings. The monoisotopic (exact) mass is 323 g/mol. The van der Waals surface area contributed by atoms with E-state index < -0.39 is 10.0 Å². The minimum absolute atomic E-state index is 0.106. The average Bonchev–Trinajstić information content (AvgIpc) is 2.74. The molecule has 0 radical (unpaired) electrons. The van der Waals surface area contributed by atoms with Crippen LogP contribution >= 0.6 is 23.2 Å². The summed E-state index contributed by atoms with van der Waals surface area (Å²) in [4.78, 5) is 0.106. The highest BCUT2D eigenvalue weighted by atomic mass is 35.5. The van der Waals surface area contributed by atoms with E-state index in [0.29, 0.717) is 11.6 Å². The number of aliphatic hydroxyl groups excluding tert-OH is 1. The molecule has 4 nitrogen and oxygen atoms in total. The second kappa shape index (κ2) is 5.58. The number of nitrogens with zero attached hydrogens (tertiary/aromatic N) is 1. The first kappa shape index (κ1) is 15.1. The Bertz CT molecular complexity index is 576. The molecule has 7 heteroatoms. The highest BCUT2D eigenvalue weighted by Crippen LogP contribution is 2.32. The standard InChI is InChI=1S/C12H15Cl2NO3S/c1-8-4-5-15(12(8)7-16)19(17,18)9-2-3-10(13)11(14)6-9/h2-3,6,8,12,16H,4-5,7H2,1H3. The first-order valence-corrected chi connectivity index (χ1v) is 8.15. The Morgan fingerprint density at radius 2 is 2.05 bits per heavy atom. The molecule has 2 rings (SSSR count). The molecular formula is C12H15Cl2NO3S. The summed E-state index contributed by atoms with van der Waals surface area (Å²) in [6.07, 6.45) is 0.742. The van der Waals surface area contributed by atoms with E-state index in [1.165, 1.54) is 22.5 Å². The zero-order valence-corrected chi connectivity index (χ0v) is 12.7. The third-order valence-electron chi connectivity index (χ3n) is 3.52. The minimum Gasteiger partial charge on any atom is -0.395 e. The Kier molecular flexibility index (Phi) is 4.42. The van der Waals surface area contributed by atoms with Gasteiger partial charge in [0, 0.05) is 6.54 Å². The molecule has 1 aliphatic rings. The summed E-state index contributed by atoms with van der Waals surface area (Å²) in [6, 6.07) is 3.86. The van der Waals surface area contributed by atoms with Crippen molar-refractivity contribution in [2.24, 2.45) is 5.92 Å². The highest BCUT2D eigenvalue weighted by molar-refractivity contribution is 7.89. The first-order valence-electron chi connectivity index (χ1n) is 5.95. The maximum atomic E-state index is 12.5. The van der Waals surface area contributed by atoms with E-state index >= 15 is 0 Å². The van der Waals surface area contributed by atoms with Gasteiger partial charge in [0.2, 0.25) is 10.0 Å². The Balaban J connectivity index is 2.39. The lowest BCUT2D eigenvalue weighted by atomic mass is 10.0. The fourth-order valence-electron chi connectivity index (χ4n) is 2.32. The van der Waals surface area contributed by atoms with Gasteiger partial charge in [0.1, 0.15) is 0 Å². The van der Waals surface area contributed by atoms with E-state index in [0.717, 1.165) is 6.42 Å². The fourth-order valence-corrected chi connectivity index (χ4v) is 4.43. The van der Waals surface area contributed by atoms with Crippen LogP contribution in [0, 0.1) is 5.92 Å². The molecule has 1 N–H and O–H groups in total. The van der Waals surface area contributed by atoms with Gasteiger partial charge in [-0.1, -0.05) is 30.1 Å². The number of aliphatic hydroxyl groups is 1. The van der Waals surface area contributed by atoms with Gasteiger partial charge in [0.25, 0.3) is 0 Å². The first-order chi connectivity index (χ1) is 8.87. The Morgan fingerprint density at radius 1 is 1.37 bits per heavy atom. The normalized spacial score (nSPS) is 24.8. The smallest absolute Gasteiger partial charge is 0.243 e. The van der Waals surface area contributed by atoms with Gasteiger partial charge in [0.05, 0.1) is 27.6 Å². The molecule has 0 aliphatic carbocycles. The van der Waals surface area contributed by atoms with Crippen LogP contribution in [0.25, 0.3) is 0 Å². The van der Waals surface area contributed by atoms with E-state index in [1.54, 1.807) is 0 Å². The summed E-state index contributed by atoms with van der Waals surface area (Å²) in [6.45, 7) is 2.17. The van der Waals surface area contributed by atoms with Crippen molar-refractivity contribution < 1.29 is 13.5 Å². The van der Waals surface area contributed by atoms with Crippen molar-refractivity contribution in [2.45, 2.75) is 24.3 Å². The van der Waals surface area contributed by atoms with E-state index in [-0.39, 0.29) is 28.5 Å². The lowest BCUT2D eigenvalue weighted by Crippen LogP contribution is -2.39. The van der Waals surface area contributed by atoms with Crippen LogP contribution in [0.3, 0.4) is 0 Å². The van der Waals surface area contributed by atoms with Crippen LogP contribution in [0.15, 0.2) is 23.1 Å². The van der Waals surface area contributed by atoms with Crippen molar-refractivity contribution in [3.63, 3.8) is 0 Å². The SMILES string of the molecule is CC1CCN(S(=O)(=O)c2ccc(Cl)c(Cl)c2)C1CO. The Labute approximate surface area is 123 Å². The van der Waals surface area contributed by atoms with Crippen LogP contribution in [0.2, 0.25) is 10.0 Å². The van der Waals surface area contributed by atoms with Crippen LogP contribution in [-0.2, 0) is 10.0 Å². The summed E-state index contributed by atoms with van der Waals surface area (Å²) in [5, 5.41) is 9.88. The van der Waals surface area contributed by atoms with Gasteiger partial charge < -0.3 is 5.11 Å². The lowest BCUT2D eigenvalue weighted by molar-refractivity contribution is 0.191. The second-order valence-electron chi connectivity index (χ2n) is 4.71. The van der Waals surface area contributed by atoms with Crippen molar-refractivity contribution in [1.82, 2.24) is 4.31 Å². The van der Waals surface area contributed by atoms with Gasteiger partial charge in [-0.3, -0.25) is 0 Å². The zero-order chi connectivity index (χ0) is 14.2. The van der Waals surface area contributed by atoms with Crippen molar-refractivity contribution in [3.8, 4) is 0 Å². The van der Waals surface area contributed by atoms with Gasteiger partial charge in [-0.25, -0.2) is 8.42 Å². The average molecular weight is 324 g/mol. The molecule has 1 saturated heterocycles. The largest absolute Gasteiger partial charge is 0.395 e. The number of hydrogen-bond donors (Lipinski definition) is 1. The van der Waals surface area contributed by atoms with E-state index in [2.05, 4.69) is 0 Å². The quantitative estimate of drug-likeness (QED) is 0.929. The summed E-state index contributed by atoms with van der Waals surface area (Å²) in [7, 11) is -3.64. The van der Waals surface area contributed by atoms with Gasteiger partial charge in [0.15, 0.2) is 0 Å². The molecule has 0 spiro atoms. The second-order valence-corrected chi connectivity index (χ2v) is 7.41. The molecule has 1 aromatic rings. The molecule has 19 heavy (non-hydrogen) atoms. The summed E-state index contributed by atoms with van der Waals surface area (Å²) in [5.74, 6) is 0.141. The molecule has 1 aliphatic heterocycles. The van der Waals surface area contributed by atoms with E-state index in [1.807, 2.05) is 6.92 Å². The molecule has 1 heterocycles. The van der Waals surface area contributed by atoms with Crippen LogP contribution < -0.4 is 0 Å². The summed E-state index contributed by atoms with van der Waals surface area (Å²) in [5.41, 5.74) is 0. The van der Waals surface area contributed by atoms with Crippen LogP contribution in [0.1, 0.15) is 13.3 Å². The molecule has 0 bridgehead atoms. The molecule has 0 aromatic heterocycles. The summed E-state index contributed by atoms with van der Waals surface area (Å²) < 4.78 is 26.4. The zero-order valence-electron chi connectivity index (χ0n) is 10.4. The lowest BCUT2D eigenvalue weighted by Gasteiger charge is -2.24. The molecule has 106 valence electrons. The predicted octanol–water partition coefficient (Wildman–Crippen LogP) is 2.38. The molecule has 2 atom stereocenters. The maximum absolute atomic E-state index is 12.5. The van der Waals surface area contributed by atoms with Crippen molar-refractivity contribution in [1.29, 1.82) is 0 Å². The molecule has 1 aromatic carbocycles. The number of hydrogen-bond acceptors (Lipinski definition) is 3. The van der Waals surface area contributed by atoms with Gasteiger partial charge in [-0.2, -0.15) is 4.31 Å². The van der Waals surface area contributed by atoms with Crippen LogP contribution in [0.4, 0.5) is 0 Å². The van der Waals surface area contributed by atoms with E-state index in [9.17, 15) is 13.5 Å². The predicted molar refractivity (Wildman–Crippen MR) is 75.0 cm³/mol. The molecule has 0 saturated carbocycles. The van der Waals surface area contributed by atoms with Crippen LogP contribution in [0.5, 0.6) is 0 Å². The van der Waals surface area contributed by atoms with Crippen molar-refractivity contribution in [3.05, 3.63) is 28.2 Å². The topological polar surface area (TPSA) is 57.6 Å². The highest BCUT2D eigenvalue weighted by Gasteiger charge is 2.39. The van der Waals surface area contributed by atoms with Gasteiger partial charge in [-0.05, 0) is 30.5 Å². The van der Waals surface area contributed by atoms with E-state index in [4.69, 9.17) is 23.2 Å². The number of sulfonamides is 1. The van der Waals surface area contributed by atoms with Crippen molar-refractivity contribution in [2.75, 3.05) is 13.2 Å². The number of benzene rings is 1.